The minimum absolute atomic E-state index is 0.0108. The van der Waals surface area contributed by atoms with Crippen LogP contribution in [0.2, 0.25) is 0 Å². The lowest BCUT2D eigenvalue weighted by Gasteiger charge is -2.17. The maximum atomic E-state index is 5.68. The lowest BCUT2D eigenvalue weighted by atomic mass is 9.99. The van der Waals surface area contributed by atoms with E-state index < -0.39 is 0 Å². The molecule has 0 aliphatic heterocycles. The summed E-state index contributed by atoms with van der Waals surface area (Å²) >= 11 is 0. The fourth-order valence-electron chi connectivity index (χ4n) is 2.09. The zero-order valence-electron chi connectivity index (χ0n) is 12.2. The molecule has 0 bridgehead atoms. The number of aryl methyl sites for hydroxylation is 2. The molecule has 18 heavy (non-hydrogen) atoms. The maximum Gasteiger partial charge on any atom is 0.157 e. The first-order valence-electron chi connectivity index (χ1n) is 6.60. The van der Waals surface area contributed by atoms with Crippen molar-refractivity contribution in [2.75, 3.05) is 13.7 Å². The molecule has 0 fully saturated rings. The van der Waals surface area contributed by atoms with E-state index in [9.17, 15) is 0 Å². The van der Waals surface area contributed by atoms with E-state index in [4.69, 9.17) is 10.5 Å². The molecule has 2 unspecified atom stereocenters. The van der Waals surface area contributed by atoms with Gasteiger partial charge in [0.1, 0.15) is 6.10 Å². The molecule has 1 aromatic rings. The van der Waals surface area contributed by atoms with E-state index in [1.807, 2.05) is 13.8 Å². The van der Waals surface area contributed by atoms with Crippen LogP contribution in [0.15, 0.2) is 0 Å². The molecule has 1 rings (SSSR count). The normalized spacial score (nSPS) is 14.6. The SMILES string of the molecule is CCC(OC)c1nc(C)c(CC(C)CN)c(C)n1. The average molecular weight is 251 g/mol. The molecule has 4 heteroatoms. The quantitative estimate of drug-likeness (QED) is 0.843. The van der Waals surface area contributed by atoms with E-state index in [0.717, 1.165) is 30.1 Å². The zero-order valence-corrected chi connectivity index (χ0v) is 12.2. The summed E-state index contributed by atoms with van der Waals surface area (Å²) in [5.41, 5.74) is 9.00. The van der Waals surface area contributed by atoms with Crippen molar-refractivity contribution in [3.8, 4) is 0 Å². The Morgan fingerprint density at radius 1 is 1.22 bits per heavy atom. The maximum absolute atomic E-state index is 5.68. The van der Waals surface area contributed by atoms with Gasteiger partial charge in [-0.15, -0.1) is 0 Å². The predicted molar refractivity (Wildman–Crippen MR) is 73.5 cm³/mol. The number of nitrogens with two attached hydrogens (primary N) is 1. The molecule has 4 nitrogen and oxygen atoms in total. The van der Waals surface area contributed by atoms with Gasteiger partial charge in [0.05, 0.1) is 0 Å². The second kappa shape index (κ2) is 6.81. The van der Waals surface area contributed by atoms with Crippen LogP contribution in [0.4, 0.5) is 0 Å². The Labute approximate surface area is 110 Å². The highest BCUT2D eigenvalue weighted by Crippen LogP contribution is 2.21. The molecule has 0 amide bonds. The Morgan fingerprint density at radius 3 is 2.17 bits per heavy atom. The summed E-state index contributed by atoms with van der Waals surface area (Å²) < 4.78 is 5.39. The molecule has 1 aromatic heterocycles. The summed E-state index contributed by atoms with van der Waals surface area (Å²) in [4.78, 5) is 9.17. The monoisotopic (exact) mass is 251 g/mol. The van der Waals surface area contributed by atoms with Gasteiger partial charge in [-0.1, -0.05) is 13.8 Å². The van der Waals surface area contributed by atoms with Crippen molar-refractivity contribution in [1.82, 2.24) is 9.97 Å². The second-order valence-electron chi connectivity index (χ2n) is 4.91. The first kappa shape index (κ1) is 15.1. The van der Waals surface area contributed by atoms with Crippen LogP contribution in [0.5, 0.6) is 0 Å². The molecule has 0 saturated heterocycles. The Morgan fingerprint density at radius 2 is 1.78 bits per heavy atom. The van der Waals surface area contributed by atoms with Gasteiger partial charge >= 0.3 is 0 Å². The van der Waals surface area contributed by atoms with Crippen LogP contribution in [-0.4, -0.2) is 23.6 Å². The highest BCUT2D eigenvalue weighted by molar-refractivity contribution is 5.25. The van der Waals surface area contributed by atoms with Gasteiger partial charge in [-0.3, -0.25) is 0 Å². The van der Waals surface area contributed by atoms with Crippen LogP contribution < -0.4 is 5.73 Å². The van der Waals surface area contributed by atoms with Crippen LogP contribution in [0.25, 0.3) is 0 Å². The Bertz CT molecular complexity index is 366. The van der Waals surface area contributed by atoms with E-state index >= 15 is 0 Å². The van der Waals surface area contributed by atoms with Crippen LogP contribution in [0.3, 0.4) is 0 Å². The highest BCUT2D eigenvalue weighted by Gasteiger charge is 2.16. The van der Waals surface area contributed by atoms with Gasteiger partial charge in [-0.05, 0) is 44.7 Å². The molecular formula is C14H25N3O. The van der Waals surface area contributed by atoms with Gasteiger partial charge in [0, 0.05) is 18.5 Å². The number of hydrogen-bond donors (Lipinski definition) is 1. The van der Waals surface area contributed by atoms with Gasteiger partial charge in [0.2, 0.25) is 0 Å². The van der Waals surface area contributed by atoms with Gasteiger partial charge in [0.15, 0.2) is 5.82 Å². The van der Waals surface area contributed by atoms with E-state index in [1.54, 1.807) is 7.11 Å². The lowest BCUT2D eigenvalue weighted by molar-refractivity contribution is 0.0922. The van der Waals surface area contributed by atoms with Gasteiger partial charge in [-0.2, -0.15) is 0 Å². The Kier molecular flexibility index (Phi) is 5.69. The summed E-state index contributed by atoms with van der Waals surface area (Å²) in [7, 11) is 1.70. The molecule has 1 heterocycles. The average Bonchev–Trinajstić information content (AvgIpc) is 2.35. The molecule has 2 N–H and O–H groups in total. The van der Waals surface area contributed by atoms with Crippen molar-refractivity contribution in [2.45, 2.75) is 46.6 Å². The van der Waals surface area contributed by atoms with Crippen molar-refractivity contribution >= 4 is 0 Å². The number of aromatic nitrogens is 2. The number of rotatable bonds is 6. The van der Waals surface area contributed by atoms with E-state index in [0.29, 0.717) is 12.5 Å². The van der Waals surface area contributed by atoms with Crippen molar-refractivity contribution in [3.05, 3.63) is 22.8 Å². The zero-order chi connectivity index (χ0) is 13.7. The molecule has 0 aliphatic rings. The predicted octanol–water partition coefficient (Wildman–Crippen LogP) is 2.33. The largest absolute Gasteiger partial charge is 0.373 e. The van der Waals surface area contributed by atoms with Gasteiger partial charge in [0.25, 0.3) is 0 Å². The van der Waals surface area contributed by atoms with E-state index in [-0.39, 0.29) is 6.10 Å². The fourth-order valence-corrected chi connectivity index (χ4v) is 2.09. The number of ether oxygens (including phenoxy) is 1. The number of nitrogens with zero attached hydrogens (tertiary/aromatic N) is 2. The molecular weight excluding hydrogens is 226 g/mol. The Balaban J connectivity index is 3.04. The summed E-state index contributed by atoms with van der Waals surface area (Å²) in [5, 5.41) is 0. The summed E-state index contributed by atoms with van der Waals surface area (Å²) in [6.07, 6.45) is 1.81. The summed E-state index contributed by atoms with van der Waals surface area (Å²) in [6.45, 7) is 9.00. The van der Waals surface area contributed by atoms with Crippen molar-refractivity contribution < 1.29 is 4.74 Å². The minimum atomic E-state index is -0.0108. The Hall–Kier alpha value is -1.00. The number of hydrogen-bond acceptors (Lipinski definition) is 4. The second-order valence-corrected chi connectivity index (χ2v) is 4.91. The topological polar surface area (TPSA) is 61.0 Å². The lowest BCUT2D eigenvalue weighted by Crippen LogP contribution is -2.17. The van der Waals surface area contributed by atoms with Crippen LogP contribution in [0, 0.1) is 19.8 Å². The fraction of sp³-hybridized carbons (Fsp3) is 0.714. The smallest absolute Gasteiger partial charge is 0.157 e. The third-order valence-electron chi connectivity index (χ3n) is 3.34. The van der Waals surface area contributed by atoms with Crippen molar-refractivity contribution in [2.24, 2.45) is 11.7 Å². The molecule has 0 saturated carbocycles. The molecule has 0 radical (unpaired) electrons. The molecule has 0 aromatic carbocycles. The van der Waals surface area contributed by atoms with Crippen LogP contribution >= 0.6 is 0 Å². The van der Waals surface area contributed by atoms with Gasteiger partial charge in [-0.25, -0.2) is 9.97 Å². The standard InChI is InChI=1S/C14H25N3O/c1-6-13(18-5)14-16-10(3)12(11(4)17-14)7-9(2)8-15/h9,13H,6-8,15H2,1-5H3. The molecule has 102 valence electrons. The number of methoxy groups -OCH3 is 1. The van der Waals surface area contributed by atoms with Crippen LogP contribution in [-0.2, 0) is 11.2 Å². The van der Waals surface area contributed by atoms with E-state index in [2.05, 4.69) is 23.8 Å². The van der Waals surface area contributed by atoms with Crippen LogP contribution in [0.1, 0.15) is 49.1 Å². The van der Waals surface area contributed by atoms with Crippen molar-refractivity contribution in [3.63, 3.8) is 0 Å². The molecule has 2 atom stereocenters. The van der Waals surface area contributed by atoms with E-state index in [1.165, 1.54) is 5.56 Å². The minimum Gasteiger partial charge on any atom is -0.373 e. The molecule has 0 aliphatic carbocycles. The van der Waals surface area contributed by atoms with Crippen molar-refractivity contribution in [1.29, 1.82) is 0 Å². The first-order chi connectivity index (χ1) is 8.53. The summed E-state index contributed by atoms with van der Waals surface area (Å²) in [5.74, 6) is 1.25. The summed E-state index contributed by atoms with van der Waals surface area (Å²) in [6, 6.07) is 0. The first-order valence-corrected chi connectivity index (χ1v) is 6.60. The highest BCUT2D eigenvalue weighted by atomic mass is 16.5. The van der Waals surface area contributed by atoms with Gasteiger partial charge < -0.3 is 10.5 Å². The third kappa shape index (κ3) is 3.50. The third-order valence-corrected chi connectivity index (χ3v) is 3.34. The molecule has 0 spiro atoms.